The van der Waals surface area contributed by atoms with Crippen LogP contribution in [0.25, 0.3) is 0 Å². The fraction of sp³-hybridized carbons (Fsp3) is 0.500. The van der Waals surface area contributed by atoms with Crippen LogP contribution >= 0.6 is 0 Å². The van der Waals surface area contributed by atoms with Crippen molar-refractivity contribution in [3.63, 3.8) is 0 Å². The lowest BCUT2D eigenvalue weighted by Gasteiger charge is -2.17. The third kappa shape index (κ3) is 4.65. The maximum atomic E-state index is 11.3. The van der Waals surface area contributed by atoms with Crippen molar-refractivity contribution in [3.8, 4) is 11.8 Å². The normalized spacial score (nSPS) is 26.6. The summed E-state index contributed by atoms with van der Waals surface area (Å²) in [5.41, 5.74) is 1.41. The fourth-order valence-electron chi connectivity index (χ4n) is 1.36. The molecule has 1 aliphatic carbocycles. The van der Waals surface area contributed by atoms with Gasteiger partial charge in [-0.15, -0.1) is 0 Å². The molecule has 0 radical (unpaired) electrons. The van der Waals surface area contributed by atoms with E-state index in [2.05, 4.69) is 38.7 Å². The van der Waals surface area contributed by atoms with Crippen LogP contribution in [0.4, 0.5) is 0 Å². The van der Waals surface area contributed by atoms with Gasteiger partial charge in [0.1, 0.15) is 0 Å². The summed E-state index contributed by atoms with van der Waals surface area (Å²) >= 11 is 0. The SMILES string of the molecule is C/C1=C/CC(C)(C)/C=C/C(=O)C#CCC1. The number of carbonyl (C=O) groups is 1. The van der Waals surface area contributed by atoms with Gasteiger partial charge in [-0.3, -0.25) is 4.79 Å². The Bertz CT molecular complexity index is 359. The van der Waals surface area contributed by atoms with Crippen LogP contribution in [0.3, 0.4) is 0 Å². The molecule has 0 saturated carbocycles. The molecule has 0 spiro atoms. The third-order valence-electron chi connectivity index (χ3n) is 2.52. The van der Waals surface area contributed by atoms with Gasteiger partial charge in [-0.05, 0) is 37.2 Å². The first kappa shape index (κ1) is 11.8. The van der Waals surface area contributed by atoms with Crippen molar-refractivity contribution in [1.29, 1.82) is 0 Å². The van der Waals surface area contributed by atoms with Gasteiger partial charge < -0.3 is 0 Å². The zero-order valence-corrected chi connectivity index (χ0v) is 9.76. The highest BCUT2D eigenvalue weighted by atomic mass is 16.1. The molecule has 0 saturated heterocycles. The number of ketones is 1. The molecule has 0 fully saturated rings. The molecular formula is C14H18O. The van der Waals surface area contributed by atoms with E-state index in [0.717, 1.165) is 19.3 Å². The lowest BCUT2D eigenvalue weighted by Crippen LogP contribution is -2.06. The summed E-state index contributed by atoms with van der Waals surface area (Å²) in [7, 11) is 0. The molecule has 0 aromatic rings. The summed E-state index contributed by atoms with van der Waals surface area (Å²) in [5, 5.41) is 0. The van der Waals surface area contributed by atoms with E-state index in [0.29, 0.717) is 0 Å². The summed E-state index contributed by atoms with van der Waals surface area (Å²) in [6, 6.07) is 0. The molecule has 0 amide bonds. The van der Waals surface area contributed by atoms with Crippen LogP contribution in [0, 0.1) is 17.3 Å². The van der Waals surface area contributed by atoms with Crippen LogP contribution in [0.2, 0.25) is 0 Å². The minimum Gasteiger partial charge on any atom is -0.280 e. The van der Waals surface area contributed by atoms with E-state index in [1.165, 1.54) is 5.57 Å². The first-order chi connectivity index (χ1) is 6.99. The number of allylic oxidation sites excluding steroid dienone is 4. The second-order valence-electron chi connectivity index (χ2n) is 4.74. The smallest absolute Gasteiger partial charge is 0.228 e. The Labute approximate surface area is 92.3 Å². The molecule has 0 atom stereocenters. The van der Waals surface area contributed by atoms with Crippen molar-refractivity contribution >= 4 is 5.78 Å². The molecule has 0 heterocycles. The largest absolute Gasteiger partial charge is 0.280 e. The summed E-state index contributed by atoms with van der Waals surface area (Å²) in [4.78, 5) is 11.3. The van der Waals surface area contributed by atoms with Gasteiger partial charge in [0.25, 0.3) is 0 Å². The summed E-state index contributed by atoms with van der Waals surface area (Å²) in [5.74, 6) is 5.45. The quantitative estimate of drug-likeness (QED) is 0.335. The van der Waals surface area contributed by atoms with E-state index in [1.807, 2.05) is 6.08 Å². The van der Waals surface area contributed by atoms with Gasteiger partial charge in [0.15, 0.2) is 0 Å². The first-order valence-electron chi connectivity index (χ1n) is 5.37. The molecule has 1 aliphatic rings. The molecular weight excluding hydrogens is 184 g/mol. The Hall–Kier alpha value is -1.29. The van der Waals surface area contributed by atoms with Gasteiger partial charge in [0.05, 0.1) is 0 Å². The molecule has 0 bridgehead atoms. The predicted molar refractivity (Wildman–Crippen MR) is 63.3 cm³/mol. The van der Waals surface area contributed by atoms with Crippen LogP contribution in [0.5, 0.6) is 0 Å². The standard InChI is InChI=1S/C14H18O/c1-12-6-4-5-7-13(15)9-11-14(2,3)10-8-12/h8-9,11H,4,6,10H2,1-3H3/b11-9+,12-8-. The maximum Gasteiger partial charge on any atom is 0.228 e. The molecule has 0 unspecified atom stereocenters. The Morgan fingerprint density at radius 3 is 2.87 bits per heavy atom. The van der Waals surface area contributed by atoms with Crippen LogP contribution in [0.1, 0.15) is 40.0 Å². The Morgan fingerprint density at radius 2 is 2.13 bits per heavy atom. The Morgan fingerprint density at radius 1 is 1.40 bits per heavy atom. The zero-order chi connectivity index (χ0) is 11.3. The zero-order valence-electron chi connectivity index (χ0n) is 9.76. The van der Waals surface area contributed by atoms with Gasteiger partial charge in [-0.1, -0.05) is 37.5 Å². The lowest BCUT2D eigenvalue weighted by molar-refractivity contribution is -0.109. The van der Waals surface area contributed by atoms with Crippen LogP contribution in [0.15, 0.2) is 23.8 Å². The average molecular weight is 202 g/mol. The van der Waals surface area contributed by atoms with Crippen LogP contribution in [-0.2, 0) is 4.79 Å². The lowest BCUT2D eigenvalue weighted by atomic mass is 9.87. The van der Waals surface area contributed by atoms with Gasteiger partial charge in [0.2, 0.25) is 5.78 Å². The highest BCUT2D eigenvalue weighted by Crippen LogP contribution is 2.24. The highest BCUT2D eigenvalue weighted by Gasteiger charge is 2.12. The molecule has 15 heavy (non-hydrogen) atoms. The predicted octanol–water partition coefficient (Wildman–Crippen LogP) is 3.27. The maximum absolute atomic E-state index is 11.3. The number of carbonyl (C=O) groups excluding carboxylic acids is 1. The Balaban J connectivity index is 2.88. The third-order valence-corrected chi connectivity index (χ3v) is 2.52. The van der Waals surface area contributed by atoms with E-state index in [9.17, 15) is 4.79 Å². The minimum atomic E-state index is -0.0809. The number of hydrogen-bond acceptors (Lipinski definition) is 1. The summed E-state index contributed by atoms with van der Waals surface area (Å²) in [6.07, 6.45) is 8.53. The topological polar surface area (TPSA) is 17.1 Å². The minimum absolute atomic E-state index is 0.0446. The average Bonchev–Trinajstić information content (AvgIpc) is 2.20. The van der Waals surface area contributed by atoms with Crippen LogP contribution < -0.4 is 0 Å². The van der Waals surface area contributed by atoms with E-state index >= 15 is 0 Å². The molecule has 80 valence electrons. The van der Waals surface area contributed by atoms with E-state index in [4.69, 9.17) is 0 Å². The summed E-state index contributed by atoms with van der Waals surface area (Å²) < 4.78 is 0. The van der Waals surface area contributed by atoms with Crippen molar-refractivity contribution in [3.05, 3.63) is 23.8 Å². The molecule has 0 N–H and O–H groups in total. The highest BCUT2D eigenvalue weighted by molar-refractivity contribution is 6.04. The van der Waals surface area contributed by atoms with Crippen molar-refractivity contribution < 1.29 is 4.79 Å². The van der Waals surface area contributed by atoms with E-state index < -0.39 is 0 Å². The summed E-state index contributed by atoms with van der Waals surface area (Å²) in [6.45, 7) is 6.39. The van der Waals surface area contributed by atoms with E-state index in [-0.39, 0.29) is 11.2 Å². The Kier molecular flexibility index (Phi) is 3.91. The molecule has 0 aliphatic heterocycles. The molecule has 1 rings (SSSR count). The molecule has 0 aromatic carbocycles. The van der Waals surface area contributed by atoms with E-state index in [1.54, 1.807) is 6.08 Å². The van der Waals surface area contributed by atoms with Gasteiger partial charge in [0, 0.05) is 6.42 Å². The molecule has 1 nitrogen and oxygen atoms in total. The monoisotopic (exact) mass is 202 g/mol. The van der Waals surface area contributed by atoms with Gasteiger partial charge >= 0.3 is 0 Å². The number of hydrogen-bond donors (Lipinski definition) is 0. The fourth-order valence-corrected chi connectivity index (χ4v) is 1.36. The molecule has 1 heteroatoms. The second kappa shape index (κ2) is 4.98. The van der Waals surface area contributed by atoms with Crippen molar-refractivity contribution in [1.82, 2.24) is 0 Å². The van der Waals surface area contributed by atoms with Gasteiger partial charge in [-0.25, -0.2) is 0 Å². The first-order valence-corrected chi connectivity index (χ1v) is 5.37. The van der Waals surface area contributed by atoms with Crippen LogP contribution in [-0.4, -0.2) is 5.78 Å². The molecule has 0 aromatic heterocycles. The second-order valence-corrected chi connectivity index (χ2v) is 4.74. The van der Waals surface area contributed by atoms with Crippen molar-refractivity contribution in [2.75, 3.05) is 0 Å². The van der Waals surface area contributed by atoms with Crippen molar-refractivity contribution in [2.24, 2.45) is 5.41 Å². The number of rotatable bonds is 0. The van der Waals surface area contributed by atoms with Crippen molar-refractivity contribution in [2.45, 2.75) is 40.0 Å². The van der Waals surface area contributed by atoms with Gasteiger partial charge in [-0.2, -0.15) is 0 Å².